The summed E-state index contributed by atoms with van der Waals surface area (Å²) in [5.41, 5.74) is 2.24. The van der Waals surface area contributed by atoms with Gasteiger partial charge in [0, 0.05) is 43.8 Å². The van der Waals surface area contributed by atoms with Crippen molar-refractivity contribution in [1.82, 2.24) is 10.2 Å². The van der Waals surface area contributed by atoms with Gasteiger partial charge in [0.2, 0.25) is 0 Å². The van der Waals surface area contributed by atoms with Crippen molar-refractivity contribution in [3.8, 4) is 0 Å². The fourth-order valence-corrected chi connectivity index (χ4v) is 5.12. The van der Waals surface area contributed by atoms with Gasteiger partial charge in [-0.05, 0) is 37.9 Å². The number of nitrogens with one attached hydrogen (secondary N) is 1. The first-order chi connectivity index (χ1) is 13.4. The van der Waals surface area contributed by atoms with Crippen LogP contribution in [0.25, 0.3) is 0 Å². The molecule has 2 N–H and O–H groups in total. The molecule has 9 heteroatoms. The summed E-state index contributed by atoms with van der Waals surface area (Å²) in [6, 6.07) is 3.04. The fourth-order valence-electron chi connectivity index (χ4n) is 3.91. The molecule has 0 aromatic heterocycles. The van der Waals surface area contributed by atoms with Gasteiger partial charge in [0.15, 0.2) is 0 Å². The number of nitrogens with zero attached hydrogens (tertiary/aromatic N) is 3. The second-order valence-electron chi connectivity index (χ2n) is 7.40. The Kier molecular flexibility index (Phi) is 4.98. The normalized spacial score (nSPS) is 24.0. The van der Waals surface area contributed by atoms with Gasteiger partial charge in [-0.25, -0.2) is 8.60 Å². The smallest absolute Gasteiger partial charge is 0.315 e. The van der Waals surface area contributed by atoms with Crippen molar-refractivity contribution in [2.45, 2.75) is 5.92 Å². The molecule has 150 valence electrons. The van der Waals surface area contributed by atoms with E-state index in [4.69, 9.17) is 0 Å². The maximum atomic E-state index is 14.9. The lowest BCUT2D eigenvalue weighted by atomic mass is 9.92. The molecule has 0 radical (unpaired) electrons. The zero-order valence-corrected chi connectivity index (χ0v) is 16.6. The van der Waals surface area contributed by atoms with Gasteiger partial charge >= 0.3 is 5.97 Å². The Balaban J connectivity index is 1.85. The molecule has 28 heavy (non-hydrogen) atoms. The van der Waals surface area contributed by atoms with Gasteiger partial charge in [-0.2, -0.15) is 0 Å². The van der Waals surface area contributed by atoms with Crippen molar-refractivity contribution < 1.29 is 18.5 Å². The molecule has 3 aliphatic heterocycles. The molecule has 1 saturated heterocycles. The Bertz CT molecular complexity index is 909. The number of aliphatic carboxylic acids is 1. The molecule has 0 spiro atoms. The number of piperazine rings is 1. The van der Waals surface area contributed by atoms with Crippen LogP contribution < -0.4 is 15.1 Å². The lowest BCUT2D eigenvalue weighted by molar-refractivity contribution is -0.137. The standard InChI is InChI=1S/C19H23FN4O3S/c1-22(2)10-12-11-28(27)18-8-14(19(25)26)13-7-15(20)17(9-16(13)24(12)18)23-5-3-21-4-6-23/h7-9,11,14,21H,3-6,10H2,1-2H3,(H,25,26). The number of carbonyl (C=O) groups is 1. The highest BCUT2D eigenvalue weighted by Gasteiger charge is 2.38. The Morgan fingerprint density at radius 2 is 2.04 bits per heavy atom. The van der Waals surface area contributed by atoms with Crippen LogP contribution in [0.5, 0.6) is 0 Å². The number of benzene rings is 1. The molecule has 2 unspecified atom stereocenters. The molecule has 2 atom stereocenters. The second kappa shape index (κ2) is 7.31. The van der Waals surface area contributed by atoms with E-state index in [1.54, 1.807) is 11.5 Å². The van der Waals surface area contributed by atoms with Crippen LogP contribution in [0.4, 0.5) is 15.8 Å². The van der Waals surface area contributed by atoms with Gasteiger partial charge in [-0.1, -0.05) is 0 Å². The number of anilines is 2. The topological polar surface area (TPSA) is 76.1 Å². The quantitative estimate of drug-likeness (QED) is 0.779. The highest BCUT2D eigenvalue weighted by Crippen LogP contribution is 2.45. The van der Waals surface area contributed by atoms with Crippen molar-refractivity contribution in [3.05, 3.63) is 45.7 Å². The summed E-state index contributed by atoms with van der Waals surface area (Å²) >= 11 is 0. The van der Waals surface area contributed by atoms with Gasteiger partial charge in [-0.15, -0.1) is 0 Å². The van der Waals surface area contributed by atoms with E-state index in [0.717, 1.165) is 18.8 Å². The van der Waals surface area contributed by atoms with E-state index >= 15 is 0 Å². The Hall–Kier alpha value is -2.23. The first-order valence-electron chi connectivity index (χ1n) is 9.16. The molecule has 1 aromatic carbocycles. The van der Waals surface area contributed by atoms with Crippen molar-refractivity contribution >= 4 is 28.1 Å². The number of rotatable bonds is 4. The number of likely N-dealkylation sites (N-methyl/N-ethyl adjacent to an activating group) is 1. The van der Waals surface area contributed by atoms with Crippen LogP contribution in [0.15, 0.2) is 34.3 Å². The summed E-state index contributed by atoms with van der Waals surface area (Å²) in [7, 11) is 2.39. The summed E-state index contributed by atoms with van der Waals surface area (Å²) in [6.45, 7) is 3.42. The maximum absolute atomic E-state index is 14.9. The molecule has 0 amide bonds. The fraction of sp³-hybridized carbons (Fsp3) is 0.421. The van der Waals surface area contributed by atoms with Gasteiger partial charge in [-0.3, -0.25) is 4.79 Å². The van der Waals surface area contributed by atoms with Crippen LogP contribution >= 0.6 is 0 Å². The molecule has 7 nitrogen and oxygen atoms in total. The van der Waals surface area contributed by atoms with Crippen LogP contribution in [0, 0.1) is 5.82 Å². The Morgan fingerprint density at radius 3 is 2.68 bits per heavy atom. The molecule has 1 aromatic rings. The summed E-state index contributed by atoms with van der Waals surface area (Å²) in [5, 5.41) is 15.0. The summed E-state index contributed by atoms with van der Waals surface area (Å²) < 4.78 is 27.6. The van der Waals surface area contributed by atoms with Crippen molar-refractivity contribution in [1.29, 1.82) is 0 Å². The van der Waals surface area contributed by atoms with Gasteiger partial charge < -0.3 is 25.1 Å². The van der Waals surface area contributed by atoms with E-state index in [1.165, 1.54) is 12.1 Å². The SMILES string of the molecule is CN(C)CC1=CS(=O)C2=CC(C(=O)O)c3cc(F)c(N4CCNCC4)cc3N12. The van der Waals surface area contributed by atoms with Crippen molar-refractivity contribution in [2.24, 2.45) is 0 Å². The zero-order valence-electron chi connectivity index (χ0n) is 15.8. The summed E-state index contributed by atoms with van der Waals surface area (Å²) in [4.78, 5) is 17.6. The van der Waals surface area contributed by atoms with Crippen molar-refractivity contribution in [2.75, 3.05) is 56.6 Å². The molecule has 0 saturated carbocycles. The molecular weight excluding hydrogens is 383 g/mol. The predicted octanol–water partition coefficient (Wildman–Crippen LogP) is 1.23. The lowest BCUT2D eigenvalue weighted by Crippen LogP contribution is -2.44. The van der Waals surface area contributed by atoms with Gasteiger partial charge in [0.1, 0.15) is 16.8 Å². The number of fused-ring (bicyclic) bond motifs is 3. The second-order valence-corrected chi connectivity index (χ2v) is 8.65. The molecule has 0 bridgehead atoms. The number of carboxylic acids is 1. The highest BCUT2D eigenvalue weighted by molar-refractivity contribution is 7.92. The molecule has 1 fully saturated rings. The first-order valence-corrected chi connectivity index (χ1v) is 10.4. The molecular formula is C19H23FN4O3S. The molecule has 0 aliphatic carbocycles. The highest BCUT2D eigenvalue weighted by atomic mass is 32.2. The third-order valence-electron chi connectivity index (χ3n) is 5.14. The molecule has 3 aliphatic rings. The number of hydrogen-bond acceptors (Lipinski definition) is 6. The maximum Gasteiger partial charge on any atom is 0.315 e. The average Bonchev–Trinajstić information content (AvgIpc) is 2.96. The predicted molar refractivity (Wildman–Crippen MR) is 107 cm³/mol. The Labute approximate surface area is 165 Å². The van der Waals surface area contributed by atoms with Gasteiger partial charge in [0.05, 0.1) is 22.2 Å². The van der Waals surface area contributed by atoms with E-state index in [2.05, 4.69) is 5.32 Å². The minimum atomic E-state index is -1.43. The minimum Gasteiger partial charge on any atom is -0.481 e. The van der Waals surface area contributed by atoms with E-state index in [-0.39, 0.29) is 0 Å². The van der Waals surface area contributed by atoms with E-state index in [1.807, 2.05) is 28.8 Å². The van der Waals surface area contributed by atoms with Crippen LogP contribution in [0.2, 0.25) is 0 Å². The minimum absolute atomic E-state index is 0.385. The van der Waals surface area contributed by atoms with Gasteiger partial charge in [0.25, 0.3) is 0 Å². The number of carboxylic acid groups (broad SMARTS) is 1. The third kappa shape index (κ3) is 3.23. The number of hydrogen-bond donors (Lipinski definition) is 2. The average molecular weight is 406 g/mol. The molecule has 4 rings (SSSR count). The zero-order chi connectivity index (χ0) is 20.0. The lowest BCUT2D eigenvalue weighted by Gasteiger charge is -2.35. The first kappa shape index (κ1) is 19.1. The summed E-state index contributed by atoms with van der Waals surface area (Å²) in [5.74, 6) is -2.54. The number of halogens is 1. The van der Waals surface area contributed by atoms with Crippen LogP contribution in [-0.2, 0) is 15.6 Å². The molecule has 3 heterocycles. The largest absolute Gasteiger partial charge is 0.481 e. The van der Waals surface area contributed by atoms with Crippen LogP contribution in [0.3, 0.4) is 0 Å². The third-order valence-corrected chi connectivity index (χ3v) is 6.36. The summed E-state index contributed by atoms with van der Waals surface area (Å²) in [6.07, 6.45) is 1.48. The van der Waals surface area contributed by atoms with Crippen molar-refractivity contribution in [3.63, 3.8) is 0 Å². The monoisotopic (exact) mass is 406 g/mol. The Morgan fingerprint density at radius 1 is 1.32 bits per heavy atom. The van der Waals surface area contributed by atoms with Crippen LogP contribution in [0.1, 0.15) is 11.5 Å². The van der Waals surface area contributed by atoms with E-state index in [9.17, 15) is 18.5 Å². The van der Waals surface area contributed by atoms with E-state index < -0.39 is 28.5 Å². The van der Waals surface area contributed by atoms with Crippen LogP contribution in [-0.4, -0.2) is 67.0 Å². The van der Waals surface area contributed by atoms with E-state index in [0.29, 0.717) is 41.6 Å².